The van der Waals surface area contributed by atoms with Crippen LogP contribution in [-0.2, 0) is 17.6 Å². The second kappa shape index (κ2) is 4.57. The number of hydrogen-bond donors (Lipinski definition) is 1. The van der Waals surface area contributed by atoms with Crippen LogP contribution in [0.3, 0.4) is 0 Å². The second-order valence-corrected chi connectivity index (χ2v) is 4.92. The molecular formula is C16H16O3. The SMILES string of the molecule is COC(=O)c1c2c(c3ccccc3c1O)CCCC2. The molecule has 0 spiro atoms. The molecule has 1 aliphatic carbocycles. The normalized spacial score (nSPS) is 14.2. The average molecular weight is 256 g/mol. The summed E-state index contributed by atoms with van der Waals surface area (Å²) < 4.78 is 4.83. The number of phenols is 1. The highest BCUT2D eigenvalue weighted by atomic mass is 16.5. The molecule has 0 saturated heterocycles. The lowest BCUT2D eigenvalue weighted by Crippen LogP contribution is -2.13. The number of fused-ring (bicyclic) bond motifs is 3. The van der Waals surface area contributed by atoms with E-state index in [0.29, 0.717) is 5.56 Å². The van der Waals surface area contributed by atoms with E-state index in [9.17, 15) is 9.90 Å². The van der Waals surface area contributed by atoms with Gasteiger partial charge in [-0.2, -0.15) is 0 Å². The minimum atomic E-state index is -0.443. The number of esters is 1. The summed E-state index contributed by atoms with van der Waals surface area (Å²) in [6.07, 6.45) is 3.97. The summed E-state index contributed by atoms with van der Waals surface area (Å²) in [5, 5.41) is 12.2. The lowest BCUT2D eigenvalue weighted by molar-refractivity contribution is 0.0596. The molecule has 19 heavy (non-hydrogen) atoms. The van der Waals surface area contributed by atoms with E-state index in [0.717, 1.165) is 42.0 Å². The summed E-state index contributed by atoms with van der Waals surface area (Å²) in [5.41, 5.74) is 2.52. The van der Waals surface area contributed by atoms with Gasteiger partial charge in [0.15, 0.2) is 0 Å². The molecule has 0 saturated carbocycles. The van der Waals surface area contributed by atoms with E-state index in [1.54, 1.807) is 0 Å². The molecule has 0 fully saturated rings. The van der Waals surface area contributed by atoms with Crippen LogP contribution in [0.25, 0.3) is 10.8 Å². The number of benzene rings is 2. The van der Waals surface area contributed by atoms with Crippen molar-refractivity contribution in [2.24, 2.45) is 0 Å². The summed E-state index contributed by atoms with van der Waals surface area (Å²) >= 11 is 0. The number of methoxy groups -OCH3 is 1. The van der Waals surface area contributed by atoms with Crippen molar-refractivity contribution in [2.75, 3.05) is 7.11 Å². The van der Waals surface area contributed by atoms with Crippen molar-refractivity contribution < 1.29 is 14.6 Å². The van der Waals surface area contributed by atoms with E-state index in [1.807, 2.05) is 24.3 Å². The number of rotatable bonds is 1. The fourth-order valence-corrected chi connectivity index (χ4v) is 3.03. The molecule has 0 amide bonds. The molecule has 0 radical (unpaired) electrons. The molecule has 1 aliphatic rings. The number of carbonyl (C=O) groups excluding carboxylic acids is 1. The predicted octanol–water partition coefficient (Wildman–Crippen LogP) is 3.21. The highest BCUT2D eigenvalue weighted by molar-refractivity contribution is 6.04. The fourth-order valence-electron chi connectivity index (χ4n) is 3.03. The molecule has 0 heterocycles. The Morgan fingerprint density at radius 2 is 1.74 bits per heavy atom. The van der Waals surface area contributed by atoms with Gasteiger partial charge in [0.1, 0.15) is 11.3 Å². The van der Waals surface area contributed by atoms with Crippen LogP contribution in [0.1, 0.15) is 34.3 Å². The van der Waals surface area contributed by atoms with Crippen LogP contribution >= 0.6 is 0 Å². The zero-order valence-electron chi connectivity index (χ0n) is 10.9. The Bertz CT molecular complexity index is 659. The van der Waals surface area contributed by atoms with Gasteiger partial charge in [-0.1, -0.05) is 24.3 Å². The van der Waals surface area contributed by atoms with E-state index in [-0.39, 0.29) is 5.75 Å². The van der Waals surface area contributed by atoms with Crippen LogP contribution in [0.2, 0.25) is 0 Å². The van der Waals surface area contributed by atoms with E-state index < -0.39 is 5.97 Å². The summed E-state index contributed by atoms with van der Waals surface area (Å²) in [4.78, 5) is 12.0. The zero-order valence-corrected chi connectivity index (χ0v) is 10.9. The standard InChI is InChI=1S/C16H16O3/c1-19-16(18)14-12-8-4-2-6-10(12)11-7-3-5-9-13(11)15(14)17/h3,5,7,9,17H,2,4,6,8H2,1H3. The molecular weight excluding hydrogens is 240 g/mol. The Balaban J connectivity index is 2.41. The number of aryl methyl sites for hydroxylation is 1. The van der Waals surface area contributed by atoms with Gasteiger partial charge in [-0.3, -0.25) is 0 Å². The Morgan fingerprint density at radius 1 is 1.11 bits per heavy atom. The van der Waals surface area contributed by atoms with Crippen molar-refractivity contribution in [3.8, 4) is 5.75 Å². The molecule has 0 bridgehead atoms. The van der Waals surface area contributed by atoms with Crippen molar-refractivity contribution in [1.29, 1.82) is 0 Å². The van der Waals surface area contributed by atoms with Gasteiger partial charge in [-0.15, -0.1) is 0 Å². The maximum atomic E-state index is 12.0. The third kappa shape index (κ3) is 1.77. The third-order valence-electron chi connectivity index (χ3n) is 3.90. The van der Waals surface area contributed by atoms with Crippen LogP contribution in [0, 0.1) is 0 Å². The molecule has 3 nitrogen and oxygen atoms in total. The van der Waals surface area contributed by atoms with Gasteiger partial charge >= 0.3 is 5.97 Å². The lowest BCUT2D eigenvalue weighted by Gasteiger charge is -2.22. The van der Waals surface area contributed by atoms with Gasteiger partial charge in [0.25, 0.3) is 0 Å². The number of hydrogen-bond acceptors (Lipinski definition) is 3. The minimum Gasteiger partial charge on any atom is -0.506 e. The highest BCUT2D eigenvalue weighted by Crippen LogP contribution is 2.39. The van der Waals surface area contributed by atoms with Gasteiger partial charge in [-0.05, 0) is 42.2 Å². The molecule has 3 heteroatoms. The first-order valence-corrected chi connectivity index (χ1v) is 6.57. The topological polar surface area (TPSA) is 46.5 Å². The highest BCUT2D eigenvalue weighted by Gasteiger charge is 2.25. The molecule has 98 valence electrons. The van der Waals surface area contributed by atoms with Gasteiger partial charge in [-0.25, -0.2) is 4.79 Å². The molecule has 2 aromatic carbocycles. The largest absolute Gasteiger partial charge is 0.506 e. The van der Waals surface area contributed by atoms with Crippen LogP contribution in [-0.4, -0.2) is 18.2 Å². The van der Waals surface area contributed by atoms with Crippen molar-refractivity contribution in [2.45, 2.75) is 25.7 Å². The van der Waals surface area contributed by atoms with Crippen LogP contribution < -0.4 is 0 Å². The zero-order chi connectivity index (χ0) is 13.4. The Labute approximate surface area is 111 Å². The van der Waals surface area contributed by atoms with Gasteiger partial charge < -0.3 is 9.84 Å². The van der Waals surface area contributed by atoms with Crippen LogP contribution in [0.5, 0.6) is 5.75 Å². The molecule has 0 atom stereocenters. The lowest BCUT2D eigenvalue weighted by atomic mass is 9.84. The average Bonchev–Trinajstić information content (AvgIpc) is 2.47. The van der Waals surface area contributed by atoms with Crippen molar-refractivity contribution in [3.05, 3.63) is 41.0 Å². The maximum absolute atomic E-state index is 12.0. The quantitative estimate of drug-likeness (QED) is 0.797. The summed E-state index contributed by atoms with van der Waals surface area (Å²) in [7, 11) is 1.35. The monoisotopic (exact) mass is 256 g/mol. The van der Waals surface area contributed by atoms with Crippen LogP contribution in [0.4, 0.5) is 0 Å². The van der Waals surface area contributed by atoms with Gasteiger partial charge in [0.05, 0.1) is 7.11 Å². The summed E-state index contributed by atoms with van der Waals surface area (Å²) in [6.45, 7) is 0. The fraction of sp³-hybridized carbons (Fsp3) is 0.312. The maximum Gasteiger partial charge on any atom is 0.341 e. The van der Waals surface area contributed by atoms with Crippen molar-refractivity contribution in [3.63, 3.8) is 0 Å². The predicted molar refractivity (Wildman–Crippen MR) is 73.6 cm³/mol. The molecule has 0 aromatic heterocycles. The summed E-state index contributed by atoms with van der Waals surface area (Å²) in [6, 6.07) is 7.71. The van der Waals surface area contributed by atoms with Crippen molar-refractivity contribution in [1.82, 2.24) is 0 Å². The Kier molecular flexibility index (Phi) is 2.90. The second-order valence-electron chi connectivity index (χ2n) is 4.92. The first-order valence-electron chi connectivity index (χ1n) is 6.57. The first-order chi connectivity index (χ1) is 9.24. The molecule has 0 aliphatic heterocycles. The molecule has 1 N–H and O–H groups in total. The molecule has 3 rings (SSSR count). The van der Waals surface area contributed by atoms with E-state index >= 15 is 0 Å². The van der Waals surface area contributed by atoms with Gasteiger partial charge in [0.2, 0.25) is 0 Å². The van der Waals surface area contributed by atoms with Crippen LogP contribution in [0.15, 0.2) is 24.3 Å². The Hall–Kier alpha value is -2.03. The molecule has 2 aromatic rings. The number of phenolic OH excluding ortho intramolecular Hbond substituents is 1. The minimum absolute atomic E-state index is 0.0584. The first kappa shape index (κ1) is 12.0. The van der Waals surface area contributed by atoms with E-state index in [1.165, 1.54) is 12.7 Å². The Morgan fingerprint density at radius 3 is 2.42 bits per heavy atom. The smallest absolute Gasteiger partial charge is 0.341 e. The number of aromatic hydroxyl groups is 1. The van der Waals surface area contributed by atoms with E-state index in [2.05, 4.69) is 0 Å². The van der Waals surface area contributed by atoms with E-state index in [4.69, 9.17) is 4.74 Å². The summed E-state index contributed by atoms with van der Waals surface area (Å²) in [5.74, 6) is -0.385. The van der Waals surface area contributed by atoms with Gasteiger partial charge in [0, 0.05) is 5.39 Å². The third-order valence-corrected chi connectivity index (χ3v) is 3.90. The number of ether oxygens (including phenoxy) is 1. The number of carbonyl (C=O) groups is 1. The van der Waals surface area contributed by atoms with Crippen molar-refractivity contribution >= 4 is 16.7 Å². The molecule has 0 unspecified atom stereocenters.